The van der Waals surface area contributed by atoms with Gasteiger partial charge in [-0.3, -0.25) is 4.79 Å². The summed E-state index contributed by atoms with van der Waals surface area (Å²) < 4.78 is 10.6. The maximum Gasteiger partial charge on any atom is 0.324 e. The van der Waals surface area contributed by atoms with E-state index in [1.165, 1.54) is 0 Å². The standard InChI is InChI=1S/C18H24N4O3/c1-3-10-19-17(23)14-8-11-22(12-9-14)18-20-16(21-25-18)13-4-6-15(24-2)7-5-13/h4-7,14H,3,8-12H2,1-2H3,(H,19,23). The molecule has 1 aromatic carbocycles. The zero-order valence-electron chi connectivity index (χ0n) is 14.7. The van der Waals surface area contributed by atoms with E-state index in [0.717, 1.165) is 50.2 Å². The molecule has 1 saturated heterocycles. The van der Waals surface area contributed by atoms with Crippen LogP contribution in [0.2, 0.25) is 0 Å². The number of carbonyl (C=O) groups is 1. The van der Waals surface area contributed by atoms with Gasteiger partial charge < -0.3 is 19.5 Å². The summed E-state index contributed by atoms with van der Waals surface area (Å²) in [4.78, 5) is 18.6. The minimum absolute atomic E-state index is 0.0757. The number of benzene rings is 1. The molecular formula is C18H24N4O3. The van der Waals surface area contributed by atoms with E-state index in [0.29, 0.717) is 11.8 Å². The SMILES string of the molecule is CCCNC(=O)C1CCN(c2nc(-c3ccc(OC)cc3)no2)CC1. The van der Waals surface area contributed by atoms with E-state index in [9.17, 15) is 4.79 Å². The van der Waals surface area contributed by atoms with E-state index < -0.39 is 0 Å². The molecule has 0 atom stereocenters. The van der Waals surface area contributed by atoms with E-state index in [-0.39, 0.29) is 11.8 Å². The van der Waals surface area contributed by atoms with Gasteiger partial charge in [0.1, 0.15) is 5.75 Å². The molecule has 0 radical (unpaired) electrons. The van der Waals surface area contributed by atoms with E-state index >= 15 is 0 Å². The fourth-order valence-electron chi connectivity index (χ4n) is 2.93. The number of nitrogens with one attached hydrogen (secondary N) is 1. The number of hydrogen-bond acceptors (Lipinski definition) is 6. The number of aromatic nitrogens is 2. The third kappa shape index (κ3) is 4.10. The highest BCUT2D eigenvalue weighted by Gasteiger charge is 2.27. The molecule has 2 heterocycles. The van der Waals surface area contributed by atoms with Gasteiger partial charge >= 0.3 is 6.01 Å². The Balaban J connectivity index is 1.59. The second-order valence-corrected chi connectivity index (χ2v) is 6.18. The van der Waals surface area contributed by atoms with Crippen LogP contribution >= 0.6 is 0 Å². The van der Waals surface area contributed by atoms with Crippen LogP contribution in [-0.2, 0) is 4.79 Å². The molecule has 1 aliphatic rings. The average Bonchev–Trinajstić information content (AvgIpc) is 3.16. The number of carbonyl (C=O) groups excluding carboxylic acids is 1. The minimum atomic E-state index is 0.0757. The Hall–Kier alpha value is -2.57. The number of ether oxygens (including phenoxy) is 1. The second kappa shape index (κ2) is 8.00. The Labute approximate surface area is 147 Å². The summed E-state index contributed by atoms with van der Waals surface area (Å²) >= 11 is 0. The third-order valence-corrected chi connectivity index (χ3v) is 4.45. The first-order chi connectivity index (χ1) is 12.2. The van der Waals surface area contributed by atoms with Gasteiger partial charge in [-0.2, -0.15) is 4.98 Å². The Morgan fingerprint density at radius 3 is 2.68 bits per heavy atom. The summed E-state index contributed by atoms with van der Waals surface area (Å²) in [5.41, 5.74) is 0.879. The monoisotopic (exact) mass is 344 g/mol. The van der Waals surface area contributed by atoms with Gasteiger partial charge in [0.25, 0.3) is 0 Å². The molecule has 0 bridgehead atoms. The molecule has 134 valence electrons. The van der Waals surface area contributed by atoms with E-state index in [2.05, 4.69) is 22.4 Å². The Kier molecular flexibility index (Phi) is 5.53. The molecule has 25 heavy (non-hydrogen) atoms. The zero-order chi connectivity index (χ0) is 17.6. The molecule has 3 rings (SSSR count). The van der Waals surface area contributed by atoms with E-state index in [1.54, 1.807) is 7.11 Å². The van der Waals surface area contributed by atoms with Crippen molar-refractivity contribution >= 4 is 11.9 Å². The van der Waals surface area contributed by atoms with Gasteiger partial charge in [-0.25, -0.2) is 0 Å². The molecule has 1 aromatic heterocycles. The molecule has 1 fully saturated rings. The molecule has 0 saturated carbocycles. The molecule has 0 aliphatic carbocycles. The number of nitrogens with zero attached hydrogens (tertiary/aromatic N) is 3. The van der Waals surface area contributed by atoms with E-state index in [1.807, 2.05) is 29.2 Å². The number of methoxy groups -OCH3 is 1. The molecule has 1 aliphatic heterocycles. The highest BCUT2D eigenvalue weighted by atomic mass is 16.5. The fraction of sp³-hybridized carbons (Fsp3) is 0.500. The third-order valence-electron chi connectivity index (χ3n) is 4.45. The lowest BCUT2D eigenvalue weighted by Crippen LogP contribution is -2.40. The highest BCUT2D eigenvalue weighted by Crippen LogP contribution is 2.25. The number of hydrogen-bond donors (Lipinski definition) is 1. The first kappa shape index (κ1) is 17.3. The van der Waals surface area contributed by atoms with Crippen LogP contribution in [0.5, 0.6) is 5.75 Å². The summed E-state index contributed by atoms with van der Waals surface area (Å²) in [6.07, 6.45) is 2.56. The predicted octanol–water partition coefficient (Wildman–Crippen LogP) is 2.49. The number of amides is 1. The van der Waals surface area contributed by atoms with Crippen molar-refractivity contribution in [3.63, 3.8) is 0 Å². The van der Waals surface area contributed by atoms with E-state index in [4.69, 9.17) is 9.26 Å². The summed E-state index contributed by atoms with van der Waals surface area (Å²) in [7, 11) is 1.63. The quantitative estimate of drug-likeness (QED) is 0.867. The number of piperidine rings is 1. The molecule has 0 spiro atoms. The number of rotatable bonds is 6. The van der Waals surface area contributed by atoms with Crippen LogP contribution in [0.15, 0.2) is 28.8 Å². The lowest BCUT2D eigenvalue weighted by molar-refractivity contribution is -0.125. The molecule has 7 nitrogen and oxygen atoms in total. The molecule has 1 N–H and O–H groups in total. The topological polar surface area (TPSA) is 80.5 Å². The summed E-state index contributed by atoms with van der Waals surface area (Å²) in [5, 5.41) is 7.04. The van der Waals surface area contributed by atoms with Gasteiger partial charge in [0.05, 0.1) is 7.11 Å². The van der Waals surface area contributed by atoms with Crippen LogP contribution < -0.4 is 15.0 Å². The van der Waals surface area contributed by atoms with Crippen LogP contribution in [0, 0.1) is 5.92 Å². The minimum Gasteiger partial charge on any atom is -0.497 e. The van der Waals surface area contributed by atoms with Crippen molar-refractivity contribution in [2.24, 2.45) is 5.92 Å². The normalized spacial score (nSPS) is 15.2. The van der Waals surface area contributed by atoms with Gasteiger partial charge in [0, 0.05) is 31.1 Å². The van der Waals surface area contributed by atoms with Gasteiger partial charge in [-0.1, -0.05) is 12.1 Å². The molecule has 0 unspecified atom stereocenters. The number of anilines is 1. The van der Waals surface area contributed by atoms with Crippen LogP contribution in [0.4, 0.5) is 6.01 Å². The molecule has 2 aromatic rings. The Morgan fingerprint density at radius 2 is 2.04 bits per heavy atom. The van der Waals surface area contributed by atoms with Crippen molar-refractivity contribution in [1.82, 2.24) is 15.5 Å². The molecule has 1 amide bonds. The Bertz CT molecular complexity index is 691. The highest BCUT2D eigenvalue weighted by molar-refractivity contribution is 5.78. The lowest BCUT2D eigenvalue weighted by atomic mass is 9.96. The Morgan fingerprint density at radius 1 is 1.32 bits per heavy atom. The first-order valence-electron chi connectivity index (χ1n) is 8.72. The van der Waals surface area contributed by atoms with Crippen molar-refractivity contribution in [2.45, 2.75) is 26.2 Å². The summed E-state index contributed by atoms with van der Waals surface area (Å²) in [6, 6.07) is 8.05. The van der Waals surface area contributed by atoms with Crippen molar-refractivity contribution in [3.8, 4) is 17.1 Å². The van der Waals surface area contributed by atoms with Crippen LogP contribution in [0.25, 0.3) is 11.4 Å². The average molecular weight is 344 g/mol. The van der Waals surface area contributed by atoms with Crippen LogP contribution in [0.1, 0.15) is 26.2 Å². The molecule has 7 heteroatoms. The summed E-state index contributed by atoms with van der Waals surface area (Å²) in [6.45, 7) is 4.29. The van der Waals surface area contributed by atoms with Gasteiger partial charge in [-0.15, -0.1) is 0 Å². The van der Waals surface area contributed by atoms with Gasteiger partial charge in [-0.05, 0) is 43.5 Å². The zero-order valence-corrected chi connectivity index (χ0v) is 14.7. The van der Waals surface area contributed by atoms with Crippen molar-refractivity contribution in [3.05, 3.63) is 24.3 Å². The van der Waals surface area contributed by atoms with Crippen LogP contribution in [-0.4, -0.2) is 42.8 Å². The maximum atomic E-state index is 12.1. The first-order valence-corrected chi connectivity index (χ1v) is 8.72. The maximum absolute atomic E-state index is 12.1. The second-order valence-electron chi connectivity index (χ2n) is 6.18. The summed E-state index contributed by atoms with van der Waals surface area (Å²) in [5.74, 6) is 1.58. The van der Waals surface area contributed by atoms with Crippen molar-refractivity contribution in [2.75, 3.05) is 31.6 Å². The fourth-order valence-corrected chi connectivity index (χ4v) is 2.93. The predicted molar refractivity (Wildman–Crippen MR) is 94.5 cm³/mol. The largest absolute Gasteiger partial charge is 0.497 e. The van der Waals surface area contributed by atoms with Gasteiger partial charge in [0.15, 0.2) is 0 Å². The van der Waals surface area contributed by atoms with Crippen LogP contribution in [0.3, 0.4) is 0 Å². The smallest absolute Gasteiger partial charge is 0.324 e. The lowest BCUT2D eigenvalue weighted by Gasteiger charge is -2.29. The van der Waals surface area contributed by atoms with Crippen molar-refractivity contribution < 1.29 is 14.1 Å². The van der Waals surface area contributed by atoms with Gasteiger partial charge in [0.2, 0.25) is 11.7 Å². The molecular weight excluding hydrogens is 320 g/mol. The van der Waals surface area contributed by atoms with Crippen molar-refractivity contribution in [1.29, 1.82) is 0 Å².